The van der Waals surface area contributed by atoms with Gasteiger partial charge < -0.3 is 5.11 Å². The van der Waals surface area contributed by atoms with E-state index in [0.717, 1.165) is 0 Å². The molecule has 0 aliphatic rings. The Labute approximate surface area is 58.1 Å². The molecule has 56 valence electrons. The van der Waals surface area contributed by atoms with Crippen LogP contribution < -0.4 is 0 Å². The van der Waals surface area contributed by atoms with E-state index < -0.39 is 5.97 Å². The van der Waals surface area contributed by atoms with Gasteiger partial charge in [0, 0.05) is 17.2 Å². The van der Waals surface area contributed by atoms with Gasteiger partial charge in [0.05, 0.1) is 0 Å². The Morgan fingerprint density at radius 2 is 1.80 bits per heavy atom. The average molecular weight is 144 g/mol. The van der Waals surface area contributed by atoms with Crippen molar-refractivity contribution in [2.75, 3.05) is 0 Å². The monoisotopic (exact) mass is 144 g/mol. The van der Waals surface area contributed by atoms with Gasteiger partial charge in [-0.1, -0.05) is 6.92 Å². The van der Waals surface area contributed by atoms with Crippen molar-refractivity contribution < 1.29 is 14.7 Å². The number of carbonyl (C=O) groups excluding carboxylic acids is 1. The van der Waals surface area contributed by atoms with Crippen LogP contribution >= 0.6 is 0 Å². The molecule has 0 radical (unpaired) electrons. The highest BCUT2D eigenvalue weighted by molar-refractivity contribution is 5.94. The van der Waals surface area contributed by atoms with Gasteiger partial charge in [-0.15, -0.1) is 0 Å². The molecule has 0 saturated carbocycles. The van der Waals surface area contributed by atoms with Crippen molar-refractivity contribution in [3.63, 3.8) is 0 Å². The van der Waals surface area contributed by atoms with Gasteiger partial charge in [-0.05, 0) is 0 Å². The zero-order valence-electron chi connectivity index (χ0n) is 5.57. The van der Waals surface area contributed by atoms with E-state index in [1.165, 1.54) is 0 Å². The SMILES string of the molecule is CCC(=O)CC(=O)O.N#N. The molecule has 10 heavy (non-hydrogen) atoms. The van der Waals surface area contributed by atoms with E-state index in [4.69, 9.17) is 15.9 Å². The molecule has 0 rings (SSSR count). The number of hydrogen-bond acceptors (Lipinski definition) is 4. The van der Waals surface area contributed by atoms with Gasteiger partial charge >= 0.3 is 5.97 Å². The van der Waals surface area contributed by atoms with Gasteiger partial charge in [-0.25, -0.2) is 0 Å². The Morgan fingerprint density at radius 1 is 1.40 bits per heavy atom. The van der Waals surface area contributed by atoms with Crippen molar-refractivity contribution in [1.29, 1.82) is 10.8 Å². The maximum atomic E-state index is 10.2. The number of nitrogens with zero attached hydrogens (tertiary/aromatic N) is 2. The zero-order chi connectivity index (χ0) is 8.57. The number of carboxylic acids is 1. The minimum Gasteiger partial charge on any atom is -0.481 e. The number of hydrogen-bond donors (Lipinski definition) is 1. The third-order valence-electron chi connectivity index (χ3n) is 0.743. The van der Waals surface area contributed by atoms with Crippen LogP contribution in [0.4, 0.5) is 0 Å². The summed E-state index contributed by atoms with van der Waals surface area (Å²) in [5, 5.41) is 20.0. The van der Waals surface area contributed by atoms with Crippen molar-refractivity contribution in [3.8, 4) is 0 Å². The normalized spacial score (nSPS) is 7.10. The first-order valence-corrected chi connectivity index (χ1v) is 2.60. The summed E-state index contributed by atoms with van der Waals surface area (Å²) in [7, 11) is 0. The van der Waals surface area contributed by atoms with Crippen LogP contribution in [0.1, 0.15) is 19.8 Å². The highest BCUT2D eigenvalue weighted by Gasteiger charge is 2.02. The van der Waals surface area contributed by atoms with E-state index in [0.29, 0.717) is 6.42 Å². The molecule has 0 aromatic heterocycles. The zero-order valence-corrected chi connectivity index (χ0v) is 5.57. The molecule has 0 unspecified atom stereocenters. The van der Waals surface area contributed by atoms with Crippen LogP contribution in [-0.2, 0) is 9.59 Å². The van der Waals surface area contributed by atoms with Gasteiger partial charge in [-0.3, -0.25) is 9.59 Å². The molecule has 0 aromatic carbocycles. The van der Waals surface area contributed by atoms with Gasteiger partial charge in [0.15, 0.2) is 0 Å². The second-order valence-corrected chi connectivity index (χ2v) is 1.46. The largest absolute Gasteiger partial charge is 0.481 e. The van der Waals surface area contributed by atoms with Crippen molar-refractivity contribution in [2.24, 2.45) is 0 Å². The van der Waals surface area contributed by atoms with Gasteiger partial charge in [0.1, 0.15) is 12.2 Å². The Balaban J connectivity index is 0. The van der Waals surface area contributed by atoms with Crippen molar-refractivity contribution in [2.45, 2.75) is 19.8 Å². The molecule has 0 saturated heterocycles. The highest BCUT2D eigenvalue weighted by Crippen LogP contribution is 1.86. The number of carboxylic acid groups (broad SMARTS) is 1. The fourth-order valence-electron chi connectivity index (χ4n) is 0.294. The lowest BCUT2D eigenvalue weighted by atomic mass is 10.2. The second kappa shape index (κ2) is 7.56. The van der Waals surface area contributed by atoms with Crippen LogP contribution in [0.15, 0.2) is 0 Å². The van der Waals surface area contributed by atoms with Crippen LogP contribution in [0.25, 0.3) is 0 Å². The molecule has 0 spiro atoms. The predicted molar refractivity (Wildman–Crippen MR) is 31.0 cm³/mol. The third kappa shape index (κ3) is 9.75. The second-order valence-electron chi connectivity index (χ2n) is 1.46. The quantitative estimate of drug-likeness (QED) is 0.458. The standard InChI is InChI=1S/C5H8O3.N2/c1-2-4(6)3-5(7)8;1-2/h2-3H2,1H3,(H,7,8);. The first-order chi connectivity index (χ1) is 4.66. The number of Topliss-reactive ketones (excluding diaryl/α,β-unsaturated/α-hetero) is 1. The van der Waals surface area contributed by atoms with E-state index in [9.17, 15) is 9.59 Å². The van der Waals surface area contributed by atoms with Gasteiger partial charge in [0.2, 0.25) is 0 Å². The predicted octanol–water partition coefficient (Wildman–Crippen LogP) is 0.470. The molecule has 0 aliphatic carbocycles. The van der Waals surface area contributed by atoms with Crippen LogP contribution in [0.3, 0.4) is 0 Å². The van der Waals surface area contributed by atoms with Crippen LogP contribution in [0.2, 0.25) is 0 Å². The summed E-state index contributed by atoms with van der Waals surface area (Å²) in [4.78, 5) is 20.0. The van der Waals surface area contributed by atoms with E-state index >= 15 is 0 Å². The molecule has 5 nitrogen and oxygen atoms in total. The summed E-state index contributed by atoms with van der Waals surface area (Å²) in [5.74, 6) is -1.27. The maximum absolute atomic E-state index is 10.2. The topological polar surface area (TPSA) is 102 Å². The summed E-state index contributed by atoms with van der Waals surface area (Å²) in [6, 6.07) is 0. The first kappa shape index (κ1) is 11.4. The lowest BCUT2D eigenvalue weighted by Crippen LogP contribution is -2.04. The molecular weight excluding hydrogens is 136 g/mol. The van der Waals surface area contributed by atoms with E-state index in [2.05, 4.69) is 0 Å². The van der Waals surface area contributed by atoms with Crippen LogP contribution in [-0.4, -0.2) is 16.9 Å². The summed E-state index contributed by atoms with van der Waals surface area (Å²) in [6.07, 6.45) is -0.0250. The molecule has 5 heteroatoms. The lowest BCUT2D eigenvalue weighted by molar-refractivity contribution is -0.140. The molecule has 0 amide bonds. The lowest BCUT2D eigenvalue weighted by Gasteiger charge is -1.86. The number of carbonyl (C=O) groups is 2. The minimum atomic E-state index is -1.04. The highest BCUT2D eigenvalue weighted by atomic mass is 16.4. The van der Waals surface area contributed by atoms with Crippen LogP contribution in [0, 0.1) is 10.8 Å². The Kier molecular flexibility index (Phi) is 8.59. The smallest absolute Gasteiger partial charge is 0.310 e. The maximum Gasteiger partial charge on any atom is 0.310 e. The molecule has 0 aliphatic heterocycles. The molecule has 0 fully saturated rings. The molecule has 0 heterocycles. The number of rotatable bonds is 3. The fraction of sp³-hybridized carbons (Fsp3) is 0.600. The van der Waals surface area contributed by atoms with E-state index in [1.54, 1.807) is 6.92 Å². The fourth-order valence-corrected chi connectivity index (χ4v) is 0.294. The molecule has 0 aromatic rings. The Hall–Kier alpha value is -1.44. The molecular formula is C5H8N2O3. The summed E-state index contributed by atoms with van der Waals surface area (Å²) in [6.45, 7) is 1.64. The van der Waals surface area contributed by atoms with E-state index in [-0.39, 0.29) is 12.2 Å². The molecule has 0 atom stereocenters. The van der Waals surface area contributed by atoms with Crippen LogP contribution in [0.5, 0.6) is 0 Å². The molecule has 1 N–H and O–H groups in total. The van der Waals surface area contributed by atoms with Gasteiger partial charge in [0.25, 0.3) is 0 Å². The number of ketones is 1. The summed E-state index contributed by atoms with van der Waals surface area (Å²) < 4.78 is 0. The summed E-state index contributed by atoms with van der Waals surface area (Å²) >= 11 is 0. The minimum absolute atomic E-state index is 0.225. The number of aliphatic carboxylic acids is 1. The van der Waals surface area contributed by atoms with Gasteiger partial charge in [-0.2, -0.15) is 0 Å². The van der Waals surface area contributed by atoms with Crippen molar-refractivity contribution in [3.05, 3.63) is 0 Å². The third-order valence-corrected chi connectivity index (χ3v) is 0.743. The first-order valence-electron chi connectivity index (χ1n) is 2.60. The molecule has 0 bridgehead atoms. The van der Waals surface area contributed by atoms with Crippen molar-refractivity contribution >= 4 is 11.8 Å². The van der Waals surface area contributed by atoms with Crippen molar-refractivity contribution in [1.82, 2.24) is 0 Å². The average Bonchev–Trinajstić information content (AvgIpc) is 1.91. The Morgan fingerprint density at radius 3 is 1.90 bits per heavy atom. The summed E-state index contributed by atoms with van der Waals surface area (Å²) in [5.41, 5.74) is 0. The Bertz CT molecular complexity index is 141. The van der Waals surface area contributed by atoms with E-state index in [1.807, 2.05) is 0 Å².